The van der Waals surface area contributed by atoms with Crippen LogP contribution in [0, 0.1) is 5.92 Å². The van der Waals surface area contributed by atoms with Crippen molar-refractivity contribution in [3.8, 4) is 0 Å². The van der Waals surface area contributed by atoms with Gasteiger partial charge in [-0.15, -0.1) is 0 Å². The predicted octanol–water partition coefficient (Wildman–Crippen LogP) is 2.54. The third-order valence-electron chi connectivity index (χ3n) is 2.73. The average molecular weight is 207 g/mol. The van der Waals surface area contributed by atoms with Crippen molar-refractivity contribution in [3.63, 3.8) is 0 Å². The van der Waals surface area contributed by atoms with Crippen LogP contribution in [0.3, 0.4) is 0 Å². The largest absolute Gasteiger partial charge is 0.396 e. The molecule has 2 N–H and O–H groups in total. The Morgan fingerprint density at radius 2 is 2.20 bits per heavy atom. The van der Waals surface area contributed by atoms with Crippen molar-refractivity contribution in [2.45, 2.75) is 27.2 Å². The predicted molar refractivity (Wildman–Crippen MR) is 66.0 cm³/mol. The van der Waals surface area contributed by atoms with Crippen molar-refractivity contribution in [1.29, 1.82) is 0 Å². The number of aromatic nitrogens is 1. The van der Waals surface area contributed by atoms with Crippen LogP contribution < -0.4 is 10.6 Å². The normalized spacial score (nSPS) is 12.5. The molecule has 3 nitrogen and oxygen atoms in total. The van der Waals surface area contributed by atoms with Gasteiger partial charge in [-0.1, -0.05) is 20.3 Å². The van der Waals surface area contributed by atoms with Gasteiger partial charge >= 0.3 is 0 Å². The molecule has 0 aliphatic heterocycles. The minimum Gasteiger partial charge on any atom is -0.396 e. The molecule has 0 saturated carbocycles. The van der Waals surface area contributed by atoms with Crippen molar-refractivity contribution in [2.24, 2.45) is 5.92 Å². The number of nitrogens with zero attached hydrogens (tertiary/aromatic N) is 2. The monoisotopic (exact) mass is 207 g/mol. The SMILES string of the molecule is CCC(C)CN(CC)c1ncccc1N. The average Bonchev–Trinajstić information content (AvgIpc) is 2.26. The van der Waals surface area contributed by atoms with Crippen LogP contribution in [0.4, 0.5) is 11.5 Å². The van der Waals surface area contributed by atoms with Crippen LogP contribution in [0.2, 0.25) is 0 Å². The maximum absolute atomic E-state index is 5.91. The van der Waals surface area contributed by atoms with Crippen molar-refractivity contribution in [3.05, 3.63) is 18.3 Å². The highest BCUT2D eigenvalue weighted by molar-refractivity contribution is 5.62. The lowest BCUT2D eigenvalue weighted by atomic mass is 10.1. The summed E-state index contributed by atoms with van der Waals surface area (Å²) in [6, 6.07) is 3.78. The van der Waals surface area contributed by atoms with Crippen molar-refractivity contribution in [1.82, 2.24) is 4.98 Å². The van der Waals surface area contributed by atoms with E-state index in [1.165, 1.54) is 6.42 Å². The molecule has 0 aliphatic rings. The van der Waals surface area contributed by atoms with Crippen LogP contribution in [-0.4, -0.2) is 18.1 Å². The quantitative estimate of drug-likeness (QED) is 0.806. The molecule has 1 aromatic rings. The smallest absolute Gasteiger partial charge is 0.151 e. The Morgan fingerprint density at radius 1 is 1.47 bits per heavy atom. The second-order valence-corrected chi connectivity index (χ2v) is 3.97. The Labute approximate surface area is 92.3 Å². The molecule has 84 valence electrons. The van der Waals surface area contributed by atoms with Gasteiger partial charge in [-0.3, -0.25) is 0 Å². The zero-order valence-corrected chi connectivity index (χ0v) is 9.90. The summed E-state index contributed by atoms with van der Waals surface area (Å²) in [7, 11) is 0. The first kappa shape index (κ1) is 11.8. The Kier molecular flexibility index (Phi) is 4.40. The molecule has 15 heavy (non-hydrogen) atoms. The van der Waals surface area contributed by atoms with Crippen LogP contribution in [0.25, 0.3) is 0 Å². The summed E-state index contributed by atoms with van der Waals surface area (Å²) in [5.74, 6) is 1.59. The number of nitrogens with two attached hydrogens (primary N) is 1. The van der Waals surface area contributed by atoms with Crippen LogP contribution in [-0.2, 0) is 0 Å². The molecule has 3 heteroatoms. The van der Waals surface area contributed by atoms with Crippen LogP contribution >= 0.6 is 0 Å². The van der Waals surface area contributed by atoms with Gasteiger partial charge in [0.25, 0.3) is 0 Å². The lowest BCUT2D eigenvalue weighted by Gasteiger charge is -2.25. The fourth-order valence-corrected chi connectivity index (χ4v) is 1.54. The second-order valence-electron chi connectivity index (χ2n) is 3.97. The zero-order valence-electron chi connectivity index (χ0n) is 9.90. The molecule has 0 saturated heterocycles. The van der Waals surface area contributed by atoms with E-state index in [2.05, 4.69) is 30.7 Å². The number of anilines is 2. The number of rotatable bonds is 5. The molecule has 1 aromatic heterocycles. The van der Waals surface area contributed by atoms with Gasteiger partial charge in [-0.25, -0.2) is 4.98 Å². The molecule has 0 fully saturated rings. The van der Waals surface area contributed by atoms with Gasteiger partial charge in [0.2, 0.25) is 0 Å². The van der Waals surface area contributed by atoms with Gasteiger partial charge in [0, 0.05) is 19.3 Å². The second kappa shape index (κ2) is 5.59. The van der Waals surface area contributed by atoms with Crippen LogP contribution in [0.1, 0.15) is 27.2 Å². The van der Waals surface area contributed by atoms with E-state index < -0.39 is 0 Å². The Bertz CT molecular complexity index is 299. The van der Waals surface area contributed by atoms with Crippen molar-refractivity contribution >= 4 is 11.5 Å². The molecule has 1 rings (SSSR count). The summed E-state index contributed by atoms with van der Waals surface area (Å²) in [6.45, 7) is 8.57. The van der Waals surface area contributed by atoms with Gasteiger partial charge in [0.1, 0.15) is 0 Å². The van der Waals surface area contributed by atoms with E-state index in [1.54, 1.807) is 6.20 Å². The Balaban J connectivity index is 2.78. The maximum atomic E-state index is 5.91. The number of hydrogen-bond acceptors (Lipinski definition) is 3. The summed E-state index contributed by atoms with van der Waals surface area (Å²) >= 11 is 0. The molecule has 0 amide bonds. The summed E-state index contributed by atoms with van der Waals surface area (Å²) in [6.07, 6.45) is 2.98. The molecule has 1 heterocycles. The molecule has 0 aliphatic carbocycles. The third-order valence-corrected chi connectivity index (χ3v) is 2.73. The van der Waals surface area contributed by atoms with Crippen LogP contribution in [0.15, 0.2) is 18.3 Å². The summed E-state index contributed by atoms with van der Waals surface area (Å²) in [4.78, 5) is 6.58. The molecule has 0 bridgehead atoms. The van der Waals surface area contributed by atoms with Crippen molar-refractivity contribution in [2.75, 3.05) is 23.7 Å². The van der Waals surface area contributed by atoms with E-state index in [0.29, 0.717) is 5.92 Å². The maximum Gasteiger partial charge on any atom is 0.151 e. The highest BCUT2D eigenvalue weighted by Gasteiger charge is 2.11. The first-order chi connectivity index (χ1) is 7.19. The van der Waals surface area contributed by atoms with Gasteiger partial charge in [-0.2, -0.15) is 0 Å². The number of nitrogen functional groups attached to an aromatic ring is 1. The first-order valence-electron chi connectivity index (χ1n) is 5.64. The minimum atomic E-state index is 0.673. The minimum absolute atomic E-state index is 0.673. The summed E-state index contributed by atoms with van der Waals surface area (Å²) in [5, 5.41) is 0. The third kappa shape index (κ3) is 3.11. The molecule has 1 atom stereocenters. The van der Waals surface area contributed by atoms with E-state index in [1.807, 2.05) is 12.1 Å². The van der Waals surface area contributed by atoms with Gasteiger partial charge in [0.15, 0.2) is 5.82 Å². The molecule has 1 unspecified atom stereocenters. The van der Waals surface area contributed by atoms with E-state index in [9.17, 15) is 0 Å². The number of hydrogen-bond donors (Lipinski definition) is 1. The van der Waals surface area contributed by atoms with E-state index in [4.69, 9.17) is 5.73 Å². The van der Waals surface area contributed by atoms with E-state index >= 15 is 0 Å². The van der Waals surface area contributed by atoms with Crippen LogP contribution in [0.5, 0.6) is 0 Å². The van der Waals surface area contributed by atoms with Crippen molar-refractivity contribution < 1.29 is 0 Å². The van der Waals surface area contributed by atoms with E-state index in [0.717, 1.165) is 24.6 Å². The molecule has 0 radical (unpaired) electrons. The summed E-state index contributed by atoms with van der Waals surface area (Å²) < 4.78 is 0. The molecular formula is C12H21N3. The lowest BCUT2D eigenvalue weighted by Crippen LogP contribution is -2.29. The fourth-order valence-electron chi connectivity index (χ4n) is 1.54. The summed E-state index contributed by atoms with van der Waals surface area (Å²) in [5.41, 5.74) is 6.68. The number of pyridine rings is 1. The molecular weight excluding hydrogens is 186 g/mol. The fraction of sp³-hybridized carbons (Fsp3) is 0.583. The van der Waals surface area contributed by atoms with Gasteiger partial charge in [-0.05, 0) is 25.0 Å². The molecule has 0 aromatic carbocycles. The first-order valence-corrected chi connectivity index (χ1v) is 5.64. The van der Waals surface area contributed by atoms with Gasteiger partial charge < -0.3 is 10.6 Å². The zero-order chi connectivity index (χ0) is 11.3. The Hall–Kier alpha value is -1.25. The van der Waals surface area contributed by atoms with Gasteiger partial charge in [0.05, 0.1) is 5.69 Å². The standard InChI is InChI=1S/C12H21N3/c1-4-10(3)9-15(5-2)12-11(13)7-6-8-14-12/h6-8,10H,4-5,9,13H2,1-3H3. The highest BCUT2D eigenvalue weighted by atomic mass is 15.2. The lowest BCUT2D eigenvalue weighted by molar-refractivity contribution is 0.546. The van der Waals surface area contributed by atoms with E-state index in [-0.39, 0.29) is 0 Å². The topological polar surface area (TPSA) is 42.2 Å². The Morgan fingerprint density at radius 3 is 2.73 bits per heavy atom. The molecule has 0 spiro atoms. The highest BCUT2D eigenvalue weighted by Crippen LogP contribution is 2.20.